The van der Waals surface area contributed by atoms with Crippen LogP contribution in [-0.4, -0.2) is 18.0 Å². The van der Waals surface area contributed by atoms with Gasteiger partial charge in [-0.2, -0.15) is 0 Å². The van der Waals surface area contributed by atoms with Crippen molar-refractivity contribution in [2.75, 3.05) is 10.6 Å². The molecule has 186 valence electrons. The van der Waals surface area contributed by atoms with Gasteiger partial charge in [-0.25, -0.2) is 10.6 Å². The summed E-state index contributed by atoms with van der Waals surface area (Å²) in [7, 11) is 0. The standard InChI is InChI=1S/C27H40N4O3/c1-8-22(24(32)29-19-12-11-13-20(17-19)30-25(33)31-28)34-23-15-14-18(26(4,5)9-2)16-21(23)27(6,7)10-3/h11-17,22H,8-10,28H2,1-7H3,(H,29,32)(H2,30,31,33). The topological polar surface area (TPSA) is 105 Å². The summed E-state index contributed by atoms with van der Waals surface area (Å²) in [4.78, 5) is 24.5. The highest BCUT2D eigenvalue weighted by Gasteiger charge is 2.28. The van der Waals surface area contributed by atoms with Gasteiger partial charge in [0.15, 0.2) is 6.10 Å². The van der Waals surface area contributed by atoms with Gasteiger partial charge in [0.2, 0.25) is 0 Å². The quantitative estimate of drug-likeness (QED) is 0.199. The van der Waals surface area contributed by atoms with Crippen molar-refractivity contribution in [1.29, 1.82) is 0 Å². The highest BCUT2D eigenvalue weighted by atomic mass is 16.5. The Labute approximate surface area is 203 Å². The molecule has 0 aliphatic heterocycles. The number of ether oxygens (including phenoxy) is 1. The molecule has 5 N–H and O–H groups in total. The van der Waals surface area contributed by atoms with Crippen LogP contribution in [0.25, 0.3) is 0 Å². The van der Waals surface area contributed by atoms with Crippen LogP contribution in [0.1, 0.15) is 78.9 Å². The Morgan fingerprint density at radius 3 is 2.09 bits per heavy atom. The Hall–Kier alpha value is -3.06. The average Bonchev–Trinajstić information content (AvgIpc) is 2.82. The van der Waals surface area contributed by atoms with Gasteiger partial charge in [0.05, 0.1) is 0 Å². The van der Waals surface area contributed by atoms with Gasteiger partial charge in [-0.1, -0.05) is 66.7 Å². The molecule has 0 bridgehead atoms. The van der Waals surface area contributed by atoms with E-state index < -0.39 is 12.1 Å². The summed E-state index contributed by atoms with van der Waals surface area (Å²) in [6.07, 6.45) is 1.81. The number of hydrazine groups is 1. The lowest BCUT2D eigenvalue weighted by atomic mass is 9.76. The highest BCUT2D eigenvalue weighted by molar-refractivity contribution is 5.95. The van der Waals surface area contributed by atoms with Crippen molar-refractivity contribution < 1.29 is 14.3 Å². The fraction of sp³-hybridized carbons (Fsp3) is 0.481. The molecule has 0 radical (unpaired) electrons. The zero-order chi connectivity index (χ0) is 25.5. The molecular formula is C27H40N4O3. The van der Waals surface area contributed by atoms with E-state index in [2.05, 4.69) is 64.3 Å². The Morgan fingerprint density at radius 2 is 1.53 bits per heavy atom. The van der Waals surface area contributed by atoms with Crippen molar-refractivity contribution in [1.82, 2.24) is 5.43 Å². The van der Waals surface area contributed by atoms with Crippen molar-refractivity contribution in [3.05, 3.63) is 53.6 Å². The van der Waals surface area contributed by atoms with E-state index in [4.69, 9.17) is 10.6 Å². The minimum absolute atomic E-state index is 0.0541. The Bertz CT molecular complexity index is 1000. The number of carbonyl (C=O) groups is 2. The lowest BCUT2D eigenvalue weighted by molar-refractivity contribution is -0.122. The molecule has 1 atom stereocenters. The van der Waals surface area contributed by atoms with Gasteiger partial charge in [-0.15, -0.1) is 0 Å². The van der Waals surface area contributed by atoms with Crippen LogP contribution < -0.4 is 26.6 Å². The molecule has 7 nitrogen and oxygen atoms in total. The number of nitrogens with two attached hydrogens (primary N) is 1. The molecule has 2 aromatic rings. The Morgan fingerprint density at radius 1 is 0.912 bits per heavy atom. The van der Waals surface area contributed by atoms with Gasteiger partial charge in [0.25, 0.3) is 5.91 Å². The van der Waals surface area contributed by atoms with Crippen molar-refractivity contribution in [3.8, 4) is 5.75 Å². The molecular weight excluding hydrogens is 428 g/mol. The summed E-state index contributed by atoms with van der Waals surface area (Å²) in [6.45, 7) is 15.2. The van der Waals surface area contributed by atoms with Gasteiger partial charge in [0, 0.05) is 16.9 Å². The number of rotatable bonds is 10. The van der Waals surface area contributed by atoms with Crippen LogP contribution in [-0.2, 0) is 15.6 Å². The van der Waals surface area contributed by atoms with Crippen LogP contribution in [0.3, 0.4) is 0 Å². The normalized spacial score (nSPS) is 12.6. The van der Waals surface area contributed by atoms with Crippen LogP contribution in [0.5, 0.6) is 5.75 Å². The van der Waals surface area contributed by atoms with Crippen LogP contribution in [0.15, 0.2) is 42.5 Å². The molecule has 2 aromatic carbocycles. The third kappa shape index (κ3) is 6.73. The van der Waals surface area contributed by atoms with Crippen LogP contribution in [0.4, 0.5) is 16.2 Å². The molecule has 0 aliphatic rings. The van der Waals surface area contributed by atoms with Crippen molar-refractivity contribution in [3.63, 3.8) is 0 Å². The number of amides is 3. The molecule has 3 amide bonds. The van der Waals surface area contributed by atoms with Crippen LogP contribution in [0.2, 0.25) is 0 Å². The molecule has 7 heteroatoms. The van der Waals surface area contributed by atoms with Gasteiger partial charge >= 0.3 is 6.03 Å². The van der Waals surface area contributed by atoms with Gasteiger partial charge in [0.1, 0.15) is 5.75 Å². The van der Waals surface area contributed by atoms with E-state index in [1.54, 1.807) is 24.3 Å². The van der Waals surface area contributed by atoms with E-state index in [1.165, 1.54) is 5.56 Å². The van der Waals surface area contributed by atoms with E-state index in [0.29, 0.717) is 17.8 Å². The average molecular weight is 469 g/mol. The maximum Gasteiger partial charge on any atom is 0.333 e. The number of nitrogens with one attached hydrogen (secondary N) is 3. The Kier molecular flexibility index (Phi) is 9.10. The van der Waals surface area contributed by atoms with Crippen molar-refractivity contribution in [2.45, 2.75) is 84.7 Å². The van der Waals surface area contributed by atoms with E-state index in [-0.39, 0.29) is 16.7 Å². The fourth-order valence-electron chi connectivity index (χ4n) is 3.52. The second kappa shape index (κ2) is 11.4. The minimum atomic E-state index is -0.666. The first kappa shape index (κ1) is 27.2. The van der Waals surface area contributed by atoms with E-state index in [0.717, 1.165) is 24.2 Å². The van der Waals surface area contributed by atoms with Gasteiger partial charge in [-0.3, -0.25) is 10.2 Å². The first-order valence-corrected chi connectivity index (χ1v) is 12.0. The number of anilines is 2. The maximum absolute atomic E-state index is 13.1. The molecule has 0 aromatic heterocycles. The summed E-state index contributed by atoms with van der Waals surface area (Å²) in [5, 5.41) is 5.48. The highest BCUT2D eigenvalue weighted by Crippen LogP contribution is 2.39. The molecule has 0 spiro atoms. The van der Waals surface area contributed by atoms with Crippen molar-refractivity contribution in [2.24, 2.45) is 5.84 Å². The number of hydrogen-bond donors (Lipinski definition) is 4. The van der Waals surface area contributed by atoms with Crippen molar-refractivity contribution >= 4 is 23.3 Å². The number of urea groups is 1. The third-order valence-electron chi connectivity index (χ3n) is 6.71. The fourth-order valence-corrected chi connectivity index (χ4v) is 3.52. The summed E-state index contributed by atoms with van der Waals surface area (Å²) in [6, 6.07) is 12.7. The third-order valence-corrected chi connectivity index (χ3v) is 6.71. The van der Waals surface area contributed by atoms with E-state index in [9.17, 15) is 9.59 Å². The summed E-state index contributed by atoms with van der Waals surface area (Å²) in [5.74, 6) is 5.60. The zero-order valence-corrected chi connectivity index (χ0v) is 21.5. The lowest BCUT2D eigenvalue weighted by Gasteiger charge is -2.31. The first-order chi connectivity index (χ1) is 16.0. The molecule has 0 saturated carbocycles. The van der Waals surface area contributed by atoms with E-state index >= 15 is 0 Å². The smallest absolute Gasteiger partial charge is 0.333 e. The largest absolute Gasteiger partial charge is 0.480 e. The second-order valence-corrected chi connectivity index (χ2v) is 9.87. The summed E-state index contributed by atoms with van der Waals surface area (Å²) < 4.78 is 6.32. The second-order valence-electron chi connectivity index (χ2n) is 9.87. The van der Waals surface area contributed by atoms with Gasteiger partial charge < -0.3 is 15.4 Å². The molecule has 34 heavy (non-hydrogen) atoms. The van der Waals surface area contributed by atoms with Gasteiger partial charge in [-0.05, 0) is 59.9 Å². The molecule has 0 heterocycles. The van der Waals surface area contributed by atoms with E-state index in [1.807, 2.05) is 18.4 Å². The maximum atomic E-state index is 13.1. The lowest BCUT2D eigenvalue weighted by Crippen LogP contribution is -2.34. The predicted octanol–water partition coefficient (Wildman–Crippen LogP) is 5.85. The molecule has 2 rings (SSSR count). The summed E-state index contributed by atoms with van der Waals surface area (Å²) in [5.41, 5.74) is 5.40. The van der Waals surface area contributed by atoms with Crippen LogP contribution in [0, 0.1) is 0 Å². The molecule has 0 aliphatic carbocycles. The Balaban J connectivity index is 2.29. The summed E-state index contributed by atoms with van der Waals surface area (Å²) >= 11 is 0. The molecule has 0 fully saturated rings. The monoisotopic (exact) mass is 468 g/mol. The molecule has 0 saturated heterocycles. The van der Waals surface area contributed by atoms with Crippen LogP contribution >= 0.6 is 0 Å². The minimum Gasteiger partial charge on any atom is -0.480 e. The SMILES string of the molecule is CCC(Oc1ccc(C(C)(C)CC)cc1C(C)(C)CC)C(=O)Nc1cccc(NC(=O)NN)c1. The molecule has 1 unspecified atom stereocenters. The predicted molar refractivity (Wildman–Crippen MR) is 139 cm³/mol. The number of hydrogen-bond acceptors (Lipinski definition) is 4. The zero-order valence-electron chi connectivity index (χ0n) is 21.5. The number of carbonyl (C=O) groups excluding carboxylic acids is 2. The first-order valence-electron chi connectivity index (χ1n) is 12.0. The number of benzene rings is 2.